The monoisotopic (exact) mass is 236 g/mol. The first-order valence-electron chi connectivity index (χ1n) is 5.07. The van der Waals surface area contributed by atoms with Crippen molar-refractivity contribution in [3.8, 4) is 0 Å². The van der Waals surface area contributed by atoms with Crippen LogP contribution in [-0.2, 0) is 0 Å². The van der Waals surface area contributed by atoms with E-state index in [0.29, 0.717) is 16.5 Å². The highest BCUT2D eigenvalue weighted by Crippen LogP contribution is 2.43. The molecule has 5 heteroatoms. The third-order valence-corrected chi connectivity index (χ3v) is 3.07. The molecule has 1 aliphatic rings. The van der Waals surface area contributed by atoms with Gasteiger partial charge in [-0.05, 0) is 30.4 Å². The molecule has 82 valence electrons. The number of aromatic nitrogens is 2. The lowest BCUT2D eigenvalue weighted by molar-refractivity contribution is 0.0695. The Kier molecular flexibility index (Phi) is 1.94. The molecule has 0 radical (unpaired) electrons. The van der Waals surface area contributed by atoms with Gasteiger partial charge in [0, 0.05) is 6.20 Å². The molecule has 1 saturated carbocycles. The highest BCUT2D eigenvalue weighted by atomic mass is 35.5. The quantitative estimate of drug-likeness (QED) is 0.872. The Morgan fingerprint density at radius 1 is 1.56 bits per heavy atom. The molecule has 1 fully saturated rings. The van der Waals surface area contributed by atoms with Crippen LogP contribution in [0.1, 0.15) is 34.7 Å². The summed E-state index contributed by atoms with van der Waals surface area (Å²) in [6, 6.07) is 1.77. The van der Waals surface area contributed by atoms with Crippen LogP contribution in [0.2, 0.25) is 5.02 Å². The van der Waals surface area contributed by atoms with Gasteiger partial charge in [-0.1, -0.05) is 11.6 Å². The molecule has 0 spiro atoms. The Labute approximate surface area is 96.5 Å². The summed E-state index contributed by atoms with van der Waals surface area (Å²) in [5.74, 6) is -0.572. The van der Waals surface area contributed by atoms with Gasteiger partial charge in [0.15, 0.2) is 0 Å². The summed E-state index contributed by atoms with van der Waals surface area (Å²) in [7, 11) is 0. The van der Waals surface area contributed by atoms with Gasteiger partial charge in [-0.15, -0.1) is 0 Å². The van der Waals surface area contributed by atoms with Gasteiger partial charge in [-0.3, -0.25) is 0 Å². The molecule has 0 aromatic carbocycles. The summed E-state index contributed by atoms with van der Waals surface area (Å²) in [6.07, 6.45) is 5.18. The lowest BCUT2D eigenvalue weighted by atomic mass is 10.1. The van der Waals surface area contributed by atoms with Crippen molar-refractivity contribution in [2.75, 3.05) is 0 Å². The Balaban J connectivity index is 2.34. The summed E-state index contributed by atoms with van der Waals surface area (Å²) in [5, 5.41) is 13.8. The van der Waals surface area contributed by atoms with Gasteiger partial charge < -0.3 is 5.11 Å². The van der Waals surface area contributed by atoms with E-state index in [-0.39, 0.29) is 0 Å². The fourth-order valence-electron chi connectivity index (χ4n) is 2.02. The molecule has 3 rings (SSSR count). The third kappa shape index (κ3) is 1.38. The number of hydrogen-bond acceptors (Lipinski definition) is 2. The summed E-state index contributed by atoms with van der Waals surface area (Å²) >= 11 is 5.90. The normalized spacial score (nSPS) is 15.6. The molecule has 0 bridgehead atoms. The fraction of sp³-hybridized carbons (Fsp3) is 0.273. The largest absolute Gasteiger partial charge is 0.478 e. The summed E-state index contributed by atoms with van der Waals surface area (Å²) in [6.45, 7) is 0. The molecular weight excluding hydrogens is 228 g/mol. The van der Waals surface area contributed by atoms with Gasteiger partial charge in [0.2, 0.25) is 0 Å². The number of rotatable bonds is 2. The number of aromatic carboxylic acids is 1. The fourth-order valence-corrected chi connectivity index (χ4v) is 2.21. The van der Waals surface area contributed by atoms with Crippen LogP contribution in [0.3, 0.4) is 0 Å². The van der Waals surface area contributed by atoms with Crippen molar-refractivity contribution in [3.05, 3.63) is 34.6 Å². The number of carboxylic acid groups (broad SMARTS) is 1. The highest BCUT2D eigenvalue weighted by molar-refractivity contribution is 6.31. The van der Waals surface area contributed by atoms with E-state index < -0.39 is 5.97 Å². The molecule has 0 aliphatic heterocycles. The first-order valence-corrected chi connectivity index (χ1v) is 5.44. The molecule has 0 saturated heterocycles. The van der Waals surface area contributed by atoms with E-state index in [0.717, 1.165) is 23.9 Å². The maximum atomic E-state index is 11.1. The van der Waals surface area contributed by atoms with Crippen LogP contribution in [0, 0.1) is 0 Å². The van der Waals surface area contributed by atoms with Crippen LogP contribution in [-0.4, -0.2) is 20.7 Å². The molecule has 0 atom stereocenters. The van der Waals surface area contributed by atoms with Crippen LogP contribution in [0.15, 0.2) is 18.5 Å². The second-order valence-electron chi connectivity index (χ2n) is 4.04. The number of halogens is 1. The first-order chi connectivity index (χ1) is 7.66. The lowest BCUT2D eigenvalue weighted by Crippen LogP contribution is -2.06. The Bertz CT molecular complexity index is 587. The van der Waals surface area contributed by atoms with Gasteiger partial charge in [0.05, 0.1) is 22.3 Å². The summed E-state index contributed by atoms with van der Waals surface area (Å²) in [4.78, 5) is 11.1. The molecule has 2 aromatic heterocycles. The van der Waals surface area contributed by atoms with Crippen molar-refractivity contribution in [1.82, 2.24) is 9.61 Å². The average Bonchev–Trinajstić information content (AvgIpc) is 2.97. The number of carboxylic acids is 1. The van der Waals surface area contributed by atoms with Crippen LogP contribution in [0.4, 0.5) is 0 Å². The van der Waals surface area contributed by atoms with Crippen molar-refractivity contribution >= 4 is 23.1 Å². The number of nitrogens with zero attached hydrogens (tertiary/aromatic N) is 2. The molecule has 0 unspecified atom stereocenters. The standard InChI is InChI=1S/C11H9ClN2O2/c12-7-3-9-10(6-1-2-6)8(11(15)16)4-13-14(9)5-7/h3-6H,1-2H2,(H,15,16). The second kappa shape index (κ2) is 3.22. The van der Waals surface area contributed by atoms with Crippen molar-refractivity contribution in [3.63, 3.8) is 0 Å². The zero-order chi connectivity index (χ0) is 11.3. The maximum Gasteiger partial charge on any atom is 0.337 e. The second-order valence-corrected chi connectivity index (χ2v) is 4.48. The van der Waals surface area contributed by atoms with E-state index in [1.54, 1.807) is 16.8 Å². The van der Waals surface area contributed by atoms with Gasteiger partial charge in [-0.25, -0.2) is 9.31 Å². The van der Waals surface area contributed by atoms with E-state index in [2.05, 4.69) is 5.10 Å². The Hall–Kier alpha value is -1.55. The van der Waals surface area contributed by atoms with Gasteiger partial charge >= 0.3 is 5.97 Å². The SMILES string of the molecule is O=C(O)c1cnn2cc(Cl)cc2c1C1CC1. The molecule has 1 aliphatic carbocycles. The number of carbonyl (C=O) groups is 1. The Morgan fingerprint density at radius 3 is 2.94 bits per heavy atom. The zero-order valence-corrected chi connectivity index (χ0v) is 9.11. The number of hydrogen-bond donors (Lipinski definition) is 1. The van der Waals surface area contributed by atoms with Crippen LogP contribution < -0.4 is 0 Å². The van der Waals surface area contributed by atoms with Crippen molar-refractivity contribution < 1.29 is 9.90 Å². The minimum absolute atomic E-state index is 0.296. The van der Waals surface area contributed by atoms with Crippen molar-refractivity contribution in [2.24, 2.45) is 0 Å². The van der Waals surface area contributed by atoms with E-state index in [1.807, 2.05) is 0 Å². The molecule has 4 nitrogen and oxygen atoms in total. The lowest BCUT2D eigenvalue weighted by Gasteiger charge is -2.06. The minimum atomic E-state index is -0.922. The molecule has 0 amide bonds. The van der Waals surface area contributed by atoms with Crippen LogP contribution >= 0.6 is 11.6 Å². The van der Waals surface area contributed by atoms with Gasteiger partial charge in [0.1, 0.15) is 0 Å². The van der Waals surface area contributed by atoms with Gasteiger partial charge in [0.25, 0.3) is 0 Å². The van der Waals surface area contributed by atoms with E-state index >= 15 is 0 Å². The number of fused-ring (bicyclic) bond motifs is 1. The summed E-state index contributed by atoms with van der Waals surface area (Å²) < 4.78 is 1.64. The first kappa shape index (κ1) is 9.66. The smallest absolute Gasteiger partial charge is 0.337 e. The highest BCUT2D eigenvalue weighted by Gasteiger charge is 2.30. The minimum Gasteiger partial charge on any atom is -0.478 e. The third-order valence-electron chi connectivity index (χ3n) is 2.86. The van der Waals surface area contributed by atoms with Crippen molar-refractivity contribution in [2.45, 2.75) is 18.8 Å². The topological polar surface area (TPSA) is 54.6 Å². The van der Waals surface area contributed by atoms with E-state index in [1.165, 1.54) is 6.20 Å². The zero-order valence-electron chi connectivity index (χ0n) is 8.35. The molecular formula is C11H9ClN2O2. The predicted octanol–water partition coefficient (Wildman–Crippen LogP) is 2.56. The van der Waals surface area contributed by atoms with Crippen molar-refractivity contribution in [1.29, 1.82) is 0 Å². The summed E-state index contributed by atoms with van der Waals surface area (Å²) in [5.41, 5.74) is 1.98. The molecule has 1 N–H and O–H groups in total. The van der Waals surface area contributed by atoms with E-state index in [4.69, 9.17) is 16.7 Å². The van der Waals surface area contributed by atoms with Gasteiger partial charge in [-0.2, -0.15) is 5.10 Å². The van der Waals surface area contributed by atoms with Crippen LogP contribution in [0.5, 0.6) is 0 Å². The predicted molar refractivity (Wildman–Crippen MR) is 59.1 cm³/mol. The maximum absolute atomic E-state index is 11.1. The molecule has 2 heterocycles. The molecule has 16 heavy (non-hydrogen) atoms. The van der Waals surface area contributed by atoms with E-state index in [9.17, 15) is 4.79 Å². The molecule has 2 aromatic rings. The van der Waals surface area contributed by atoms with Crippen LogP contribution in [0.25, 0.3) is 5.52 Å². The average molecular weight is 237 g/mol. The Morgan fingerprint density at radius 2 is 2.31 bits per heavy atom.